The minimum absolute atomic E-state index is 0.0123. The molecular formula is C26H31F2N5O. The van der Waals surface area contributed by atoms with Crippen molar-refractivity contribution in [2.75, 3.05) is 26.2 Å². The van der Waals surface area contributed by atoms with Crippen LogP contribution >= 0.6 is 0 Å². The van der Waals surface area contributed by atoms with Crippen molar-refractivity contribution in [3.63, 3.8) is 0 Å². The minimum atomic E-state index is -0.320. The molecule has 0 spiro atoms. The van der Waals surface area contributed by atoms with Crippen LogP contribution in [0.15, 0.2) is 46.5 Å². The van der Waals surface area contributed by atoms with Gasteiger partial charge in [-0.15, -0.1) is 0 Å². The summed E-state index contributed by atoms with van der Waals surface area (Å²) in [6.07, 6.45) is 4.07. The number of carbonyl (C=O) groups excluding carboxylic acids is 1. The summed E-state index contributed by atoms with van der Waals surface area (Å²) in [4.78, 5) is 21.4. The summed E-state index contributed by atoms with van der Waals surface area (Å²) in [6.45, 7) is 10.1. The van der Waals surface area contributed by atoms with Gasteiger partial charge in [0.05, 0.1) is 11.9 Å². The number of benzene rings is 1. The maximum atomic E-state index is 14.1. The van der Waals surface area contributed by atoms with Crippen molar-refractivity contribution in [2.45, 2.75) is 47.1 Å². The number of amides is 1. The Labute approximate surface area is 199 Å². The Morgan fingerprint density at radius 3 is 2.35 bits per heavy atom. The van der Waals surface area contributed by atoms with E-state index >= 15 is 0 Å². The van der Waals surface area contributed by atoms with E-state index in [2.05, 4.69) is 15.0 Å². The molecule has 1 saturated heterocycles. The van der Waals surface area contributed by atoms with Gasteiger partial charge in [0, 0.05) is 37.4 Å². The second-order valence-corrected chi connectivity index (χ2v) is 8.98. The maximum Gasteiger partial charge on any atom is 0.244 e. The predicted octanol–water partition coefficient (Wildman–Crippen LogP) is 4.57. The fourth-order valence-corrected chi connectivity index (χ4v) is 4.49. The monoisotopic (exact) mass is 467 g/mol. The Balaban J connectivity index is 1.43. The molecule has 0 saturated carbocycles. The van der Waals surface area contributed by atoms with Gasteiger partial charge in [0.25, 0.3) is 0 Å². The summed E-state index contributed by atoms with van der Waals surface area (Å²) in [6, 6.07) is 5.57. The smallest absolute Gasteiger partial charge is 0.244 e. The Bertz CT molecular complexity index is 1160. The lowest BCUT2D eigenvalue weighted by Crippen LogP contribution is -2.49. The summed E-state index contributed by atoms with van der Waals surface area (Å²) in [5.41, 5.74) is 4.74. The zero-order valence-electron chi connectivity index (χ0n) is 20.2. The van der Waals surface area contributed by atoms with Crippen LogP contribution in [0, 0.1) is 19.7 Å². The van der Waals surface area contributed by atoms with Gasteiger partial charge in [-0.1, -0.05) is 6.92 Å². The van der Waals surface area contributed by atoms with Gasteiger partial charge in [0.1, 0.15) is 24.0 Å². The zero-order valence-corrected chi connectivity index (χ0v) is 20.2. The SMILES string of the molecule is CCc1cc(-c2cc(C)c(F)c(C)c2)nn1CC(=O)N1CCN(C2=C(C)CC=C(F)C=N2)CC1. The molecule has 0 atom stereocenters. The Kier molecular flexibility index (Phi) is 6.95. The summed E-state index contributed by atoms with van der Waals surface area (Å²) >= 11 is 0. The molecule has 180 valence electrons. The van der Waals surface area contributed by atoms with Crippen molar-refractivity contribution in [2.24, 2.45) is 4.99 Å². The third-order valence-corrected chi connectivity index (χ3v) is 6.47. The first-order valence-electron chi connectivity index (χ1n) is 11.7. The predicted molar refractivity (Wildman–Crippen MR) is 130 cm³/mol. The van der Waals surface area contributed by atoms with Crippen LogP contribution in [0.2, 0.25) is 0 Å². The van der Waals surface area contributed by atoms with Crippen LogP contribution in [-0.2, 0) is 17.8 Å². The molecular weight excluding hydrogens is 436 g/mol. The van der Waals surface area contributed by atoms with Crippen molar-refractivity contribution >= 4 is 12.1 Å². The van der Waals surface area contributed by atoms with Crippen LogP contribution < -0.4 is 0 Å². The van der Waals surface area contributed by atoms with Crippen molar-refractivity contribution < 1.29 is 13.6 Å². The number of aryl methyl sites for hydroxylation is 3. The quantitative estimate of drug-likeness (QED) is 0.647. The van der Waals surface area contributed by atoms with Gasteiger partial charge in [0.2, 0.25) is 5.91 Å². The molecule has 1 aromatic heterocycles. The topological polar surface area (TPSA) is 53.7 Å². The van der Waals surface area contributed by atoms with Crippen LogP contribution in [0.5, 0.6) is 0 Å². The third-order valence-electron chi connectivity index (χ3n) is 6.47. The molecule has 2 aliphatic heterocycles. The highest BCUT2D eigenvalue weighted by atomic mass is 19.1. The maximum absolute atomic E-state index is 14.1. The Hall–Kier alpha value is -3.29. The first-order valence-corrected chi connectivity index (χ1v) is 11.7. The standard InChI is InChI=1S/C26H31F2N5O/c1-5-22-14-23(20-12-18(3)25(28)19(4)13-20)30-33(22)16-24(34)31-8-10-32(11-9-31)26-17(2)6-7-21(27)15-29-26/h7,12-15H,5-6,8-11,16H2,1-4H3. The van der Waals surface area contributed by atoms with Crippen molar-refractivity contribution in [1.82, 2.24) is 19.6 Å². The van der Waals surface area contributed by atoms with Crippen LogP contribution in [-0.4, -0.2) is 57.9 Å². The first kappa shape index (κ1) is 23.9. The summed E-state index contributed by atoms with van der Waals surface area (Å²) < 4.78 is 29.4. The molecule has 1 fully saturated rings. The average molecular weight is 468 g/mol. The van der Waals surface area contributed by atoms with Gasteiger partial charge in [-0.3, -0.25) is 9.48 Å². The molecule has 34 heavy (non-hydrogen) atoms. The highest BCUT2D eigenvalue weighted by Crippen LogP contribution is 2.25. The second-order valence-electron chi connectivity index (χ2n) is 8.98. The van der Waals surface area contributed by atoms with Gasteiger partial charge in [-0.05, 0) is 74.6 Å². The summed E-state index contributed by atoms with van der Waals surface area (Å²) in [5, 5.41) is 4.68. The van der Waals surface area contributed by atoms with Crippen LogP contribution in [0.1, 0.15) is 37.1 Å². The van der Waals surface area contributed by atoms with E-state index in [1.807, 2.05) is 24.8 Å². The summed E-state index contributed by atoms with van der Waals surface area (Å²) in [7, 11) is 0. The third kappa shape index (κ3) is 4.95. The molecule has 0 unspecified atom stereocenters. The largest absolute Gasteiger partial charge is 0.353 e. The number of aromatic nitrogens is 2. The molecule has 3 heterocycles. The van der Waals surface area contributed by atoms with E-state index in [0.717, 1.165) is 34.8 Å². The van der Waals surface area contributed by atoms with Crippen LogP contribution in [0.25, 0.3) is 11.3 Å². The number of carbonyl (C=O) groups is 1. The number of allylic oxidation sites excluding steroid dienone is 3. The molecule has 6 nitrogen and oxygen atoms in total. The van der Waals surface area contributed by atoms with Crippen molar-refractivity contribution in [1.29, 1.82) is 0 Å². The number of aliphatic imine (C=N–C) groups is 1. The van der Waals surface area contributed by atoms with Gasteiger partial charge < -0.3 is 9.80 Å². The van der Waals surface area contributed by atoms with E-state index in [9.17, 15) is 13.6 Å². The average Bonchev–Trinajstić information content (AvgIpc) is 3.15. The molecule has 8 heteroatoms. The number of halogens is 2. The van der Waals surface area contributed by atoms with Crippen molar-refractivity contribution in [3.8, 4) is 11.3 Å². The highest BCUT2D eigenvalue weighted by molar-refractivity contribution is 5.77. The normalized spacial score (nSPS) is 16.7. The molecule has 2 aliphatic rings. The lowest BCUT2D eigenvalue weighted by atomic mass is 10.0. The fourth-order valence-electron chi connectivity index (χ4n) is 4.49. The minimum Gasteiger partial charge on any atom is -0.353 e. The first-order chi connectivity index (χ1) is 16.3. The lowest BCUT2D eigenvalue weighted by Gasteiger charge is -2.36. The fraction of sp³-hybridized carbons (Fsp3) is 0.423. The van der Waals surface area contributed by atoms with Gasteiger partial charge in [-0.2, -0.15) is 5.10 Å². The Morgan fingerprint density at radius 2 is 1.71 bits per heavy atom. The van der Waals surface area contributed by atoms with E-state index in [1.54, 1.807) is 30.7 Å². The van der Waals surface area contributed by atoms with Crippen molar-refractivity contribution in [3.05, 3.63) is 64.1 Å². The molecule has 0 bridgehead atoms. The summed E-state index contributed by atoms with van der Waals surface area (Å²) in [5.74, 6) is 0.290. The molecule has 0 radical (unpaired) electrons. The second kappa shape index (κ2) is 9.91. The van der Waals surface area contributed by atoms with Gasteiger partial charge in [-0.25, -0.2) is 13.8 Å². The molecule has 2 aromatic rings. The Morgan fingerprint density at radius 1 is 1.03 bits per heavy atom. The van der Waals surface area contributed by atoms with E-state index in [0.29, 0.717) is 43.7 Å². The molecule has 4 rings (SSSR count). The van der Waals surface area contributed by atoms with Crippen LogP contribution in [0.3, 0.4) is 0 Å². The molecule has 1 amide bonds. The molecule has 1 aromatic carbocycles. The number of piperazine rings is 1. The van der Waals surface area contributed by atoms with Gasteiger partial charge >= 0.3 is 0 Å². The van der Waals surface area contributed by atoms with E-state index in [-0.39, 0.29) is 24.1 Å². The van der Waals surface area contributed by atoms with E-state index in [1.165, 1.54) is 12.3 Å². The number of rotatable bonds is 5. The van der Waals surface area contributed by atoms with Crippen LogP contribution in [0.4, 0.5) is 8.78 Å². The highest BCUT2D eigenvalue weighted by Gasteiger charge is 2.24. The number of nitrogens with zero attached hydrogens (tertiary/aromatic N) is 5. The number of hydrogen-bond acceptors (Lipinski definition) is 4. The number of hydrogen-bond donors (Lipinski definition) is 0. The molecule has 0 aliphatic carbocycles. The molecule has 0 N–H and O–H groups in total. The van der Waals surface area contributed by atoms with Gasteiger partial charge in [0.15, 0.2) is 0 Å². The van der Waals surface area contributed by atoms with E-state index in [4.69, 9.17) is 0 Å². The zero-order chi connectivity index (χ0) is 24.4. The lowest BCUT2D eigenvalue weighted by molar-refractivity contribution is -0.133. The van der Waals surface area contributed by atoms with E-state index < -0.39 is 0 Å².